The van der Waals surface area contributed by atoms with Gasteiger partial charge in [0, 0.05) is 20.1 Å². The molecule has 0 unspecified atom stereocenters. The number of hydrogen-bond acceptors (Lipinski definition) is 3. The van der Waals surface area contributed by atoms with Gasteiger partial charge in [-0.2, -0.15) is 0 Å². The predicted octanol–water partition coefficient (Wildman–Crippen LogP) is 1.30. The van der Waals surface area contributed by atoms with Crippen LogP contribution in [0.5, 0.6) is 0 Å². The standard InChI is InChI=1S/C11H19ClN2O3/c1-11(2,3)17-10(16)14-6-8(7-14)13(4)9(15)5-12/h8H,5-7H2,1-4H3. The summed E-state index contributed by atoms with van der Waals surface area (Å²) >= 11 is 5.46. The summed E-state index contributed by atoms with van der Waals surface area (Å²) in [5, 5.41) is 0. The van der Waals surface area contributed by atoms with Crippen LogP contribution in [-0.2, 0) is 9.53 Å². The van der Waals surface area contributed by atoms with Gasteiger partial charge in [-0.3, -0.25) is 4.79 Å². The Morgan fingerprint density at radius 1 is 1.41 bits per heavy atom. The molecule has 0 atom stereocenters. The number of nitrogens with zero attached hydrogens (tertiary/aromatic N) is 2. The number of halogens is 1. The van der Waals surface area contributed by atoms with Crippen LogP contribution in [0.4, 0.5) is 4.79 Å². The Morgan fingerprint density at radius 3 is 2.35 bits per heavy atom. The summed E-state index contributed by atoms with van der Waals surface area (Å²) in [6, 6.07) is 0.0498. The quantitative estimate of drug-likeness (QED) is 0.705. The third-order valence-corrected chi connectivity index (χ3v) is 2.80. The SMILES string of the molecule is CN(C(=O)CCl)C1CN(C(=O)OC(C)(C)C)C1. The van der Waals surface area contributed by atoms with Crippen molar-refractivity contribution in [1.82, 2.24) is 9.80 Å². The second-order valence-corrected chi connectivity index (χ2v) is 5.44. The number of likely N-dealkylation sites (N-methyl/N-ethyl adjacent to an activating group) is 1. The largest absolute Gasteiger partial charge is 0.444 e. The highest BCUT2D eigenvalue weighted by Crippen LogP contribution is 2.18. The minimum Gasteiger partial charge on any atom is -0.444 e. The summed E-state index contributed by atoms with van der Waals surface area (Å²) in [6.45, 7) is 6.49. The molecular formula is C11H19ClN2O3. The van der Waals surface area contributed by atoms with Crippen LogP contribution < -0.4 is 0 Å². The Bertz CT molecular complexity index is 308. The van der Waals surface area contributed by atoms with Crippen molar-refractivity contribution in [3.63, 3.8) is 0 Å². The summed E-state index contributed by atoms with van der Waals surface area (Å²) in [5.41, 5.74) is -0.486. The smallest absolute Gasteiger partial charge is 0.410 e. The molecule has 1 heterocycles. The van der Waals surface area contributed by atoms with Crippen LogP contribution in [0, 0.1) is 0 Å². The molecule has 1 aliphatic rings. The first-order valence-corrected chi connectivity index (χ1v) is 6.07. The molecule has 0 bridgehead atoms. The second kappa shape index (κ2) is 5.12. The van der Waals surface area contributed by atoms with Crippen molar-refractivity contribution in [2.75, 3.05) is 26.0 Å². The number of amides is 2. The molecule has 0 aromatic heterocycles. The minimum atomic E-state index is -0.486. The number of carbonyl (C=O) groups excluding carboxylic acids is 2. The lowest BCUT2D eigenvalue weighted by atomic mass is 10.1. The van der Waals surface area contributed by atoms with Crippen molar-refractivity contribution in [2.24, 2.45) is 0 Å². The summed E-state index contributed by atoms with van der Waals surface area (Å²) in [6.07, 6.45) is -0.333. The average Bonchev–Trinajstić information content (AvgIpc) is 2.10. The molecule has 0 saturated carbocycles. The maximum absolute atomic E-state index is 11.6. The van der Waals surface area contributed by atoms with Crippen LogP contribution in [0.2, 0.25) is 0 Å². The molecule has 17 heavy (non-hydrogen) atoms. The number of alkyl halides is 1. The zero-order valence-corrected chi connectivity index (χ0v) is 11.5. The molecule has 0 spiro atoms. The molecule has 0 aliphatic carbocycles. The van der Waals surface area contributed by atoms with Gasteiger partial charge in [0.15, 0.2) is 0 Å². The van der Waals surface area contributed by atoms with Gasteiger partial charge < -0.3 is 14.5 Å². The Hall–Kier alpha value is -0.970. The highest BCUT2D eigenvalue weighted by Gasteiger charge is 2.37. The van der Waals surface area contributed by atoms with Crippen LogP contribution in [0.1, 0.15) is 20.8 Å². The monoisotopic (exact) mass is 262 g/mol. The van der Waals surface area contributed by atoms with Crippen LogP contribution in [0.25, 0.3) is 0 Å². The predicted molar refractivity (Wildman–Crippen MR) is 65.1 cm³/mol. The molecule has 0 N–H and O–H groups in total. The molecule has 0 radical (unpaired) electrons. The van der Waals surface area contributed by atoms with Crippen molar-refractivity contribution in [1.29, 1.82) is 0 Å². The zero-order valence-electron chi connectivity index (χ0n) is 10.7. The van der Waals surface area contributed by atoms with E-state index in [1.807, 2.05) is 20.8 Å². The summed E-state index contributed by atoms with van der Waals surface area (Å²) in [4.78, 5) is 26.1. The lowest BCUT2D eigenvalue weighted by Gasteiger charge is -2.43. The molecule has 5 nitrogen and oxygen atoms in total. The van der Waals surface area contributed by atoms with Crippen LogP contribution in [0.3, 0.4) is 0 Å². The van der Waals surface area contributed by atoms with Gasteiger partial charge >= 0.3 is 6.09 Å². The van der Waals surface area contributed by atoms with Crippen molar-refractivity contribution < 1.29 is 14.3 Å². The highest BCUT2D eigenvalue weighted by molar-refractivity contribution is 6.27. The van der Waals surface area contributed by atoms with E-state index in [1.54, 1.807) is 16.8 Å². The molecular weight excluding hydrogens is 244 g/mol. The maximum atomic E-state index is 11.6. The van der Waals surface area contributed by atoms with Gasteiger partial charge in [0.2, 0.25) is 5.91 Å². The van der Waals surface area contributed by atoms with Gasteiger partial charge in [-0.25, -0.2) is 4.79 Å². The van der Waals surface area contributed by atoms with E-state index >= 15 is 0 Å². The van der Waals surface area contributed by atoms with Gasteiger partial charge in [0.1, 0.15) is 11.5 Å². The molecule has 98 valence electrons. The van der Waals surface area contributed by atoms with E-state index < -0.39 is 5.60 Å². The first-order chi connectivity index (χ1) is 7.74. The fourth-order valence-electron chi connectivity index (χ4n) is 1.47. The molecule has 2 amide bonds. The molecule has 1 aliphatic heterocycles. The number of likely N-dealkylation sites (tertiary alicyclic amines) is 1. The average molecular weight is 263 g/mol. The van der Waals surface area contributed by atoms with Gasteiger partial charge in [0.05, 0.1) is 6.04 Å². The Kier molecular flexibility index (Phi) is 4.25. The van der Waals surface area contributed by atoms with Gasteiger partial charge in [-0.1, -0.05) is 0 Å². The Balaban J connectivity index is 2.37. The molecule has 1 fully saturated rings. The van der Waals surface area contributed by atoms with Crippen LogP contribution in [-0.4, -0.2) is 59.5 Å². The van der Waals surface area contributed by atoms with E-state index in [1.165, 1.54) is 0 Å². The van der Waals surface area contributed by atoms with Crippen molar-refractivity contribution in [2.45, 2.75) is 32.4 Å². The summed E-state index contributed by atoms with van der Waals surface area (Å²) < 4.78 is 5.21. The maximum Gasteiger partial charge on any atom is 0.410 e. The Morgan fingerprint density at radius 2 is 1.94 bits per heavy atom. The van der Waals surface area contributed by atoms with Crippen molar-refractivity contribution in [3.05, 3.63) is 0 Å². The van der Waals surface area contributed by atoms with Gasteiger partial charge in [0.25, 0.3) is 0 Å². The number of rotatable bonds is 2. The fourth-order valence-corrected chi connectivity index (χ4v) is 1.66. The first kappa shape index (κ1) is 14.1. The lowest BCUT2D eigenvalue weighted by Crippen LogP contribution is -2.62. The fraction of sp³-hybridized carbons (Fsp3) is 0.818. The van der Waals surface area contributed by atoms with E-state index in [0.717, 1.165) is 0 Å². The molecule has 6 heteroatoms. The second-order valence-electron chi connectivity index (χ2n) is 5.18. The number of ether oxygens (including phenoxy) is 1. The third kappa shape index (κ3) is 3.77. The summed E-state index contributed by atoms with van der Waals surface area (Å²) in [5.74, 6) is -0.153. The van der Waals surface area contributed by atoms with E-state index in [4.69, 9.17) is 16.3 Å². The first-order valence-electron chi connectivity index (χ1n) is 5.54. The van der Waals surface area contributed by atoms with Crippen molar-refractivity contribution in [3.8, 4) is 0 Å². The van der Waals surface area contributed by atoms with Gasteiger partial charge in [-0.15, -0.1) is 11.6 Å². The number of hydrogen-bond donors (Lipinski definition) is 0. The third-order valence-electron chi connectivity index (χ3n) is 2.57. The molecule has 1 saturated heterocycles. The molecule has 0 aromatic carbocycles. The van der Waals surface area contributed by atoms with Gasteiger partial charge in [-0.05, 0) is 20.8 Å². The summed E-state index contributed by atoms with van der Waals surface area (Å²) in [7, 11) is 1.70. The van der Waals surface area contributed by atoms with E-state index in [9.17, 15) is 9.59 Å². The molecule has 0 aromatic rings. The van der Waals surface area contributed by atoms with Crippen molar-refractivity contribution >= 4 is 23.6 Å². The highest BCUT2D eigenvalue weighted by atomic mass is 35.5. The lowest BCUT2D eigenvalue weighted by molar-refractivity contribution is -0.132. The van der Waals surface area contributed by atoms with E-state index in [0.29, 0.717) is 13.1 Å². The Labute approximate surface area is 107 Å². The molecule has 1 rings (SSSR count). The number of carbonyl (C=O) groups is 2. The minimum absolute atomic E-state index is 0.0283. The van der Waals surface area contributed by atoms with Crippen LogP contribution >= 0.6 is 11.6 Å². The zero-order chi connectivity index (χ0) is 13.2. The van der Waals surface area contributed by atoms with Crippen LogP contribution in [0.15, 0.2) is 0 Å². The van der Waals surface area contributed by atoms with E-state index in [2.05, 4.69) is 0 Å². The topological polar surface area (TPSA) is 49.9 Å². The normalized spacial score (nSPS) is 16.4. The van der Waals surface area contributed by atoms with E-state index in [-0.39, 0.29) is 23.9 Å².